The number of carboxylic acid groups (broad SMARTS) is 2. The monoisotopic (exact) mass is 73.0 g/mol. The van der Waals surface area contributed by atoms with Crippen molar-refractivity contribution >= 4 is 16.3 Å². The summed E-state index contributed by atoms with van der Waals surface area (Å²) in [6.45, 7) is 0. The first-order valence-electron chi connectivity index (χ1n) is 0.651. The third-order valence-corrected chi connectivity index (χ3v) is 0. The van der Waals surface area contributed by atoms with Crippen LogP contribution in [0.2, 0.25) is 0 Å². The fraction of sp³-hybridized carbons (Fsp3) is 0. The van der Waals surface area contributed by atoms with E-state index in [2.05, 4.69) is 0 Å². The Morgan fingerprint density at radius 3 is 1.60 bits per heavy atom. The average molecular weight is 73.1 g/mol. The smallest absolute Gasteiger partial charge is 1.00 e. The Hall–Kier alpha value is -0.561. The normalized spacial score (nSPS) is 4.80. The average Bonchev–Trinajstić information content (AvgIpc) is 0.811. The Kier molecular flexibility index (Phi) is 6.07. The van der Waals surface area contributed by atoms with Gasteiger partial charge in [0.05, 0.1) is 0 Å². The molecule has 0 atom stereocenters. The molecule has 0 aromatic heterocycles. The molecule has 4 heteroatoms. The minimum absolute atomic E-state index is 0. The van der Waals surface area contributed by atoms with Crippen LogP contribution in [0.25, 0.3) is 0 Å². The summed E-state index contributed by atoms with van der Waals surface area (Å²) in [5.41, 5.74) is 0. The van der Waals surface area contributed by atoms with E-state index < -0.39 is 6.16 Å². The van der Waals surface area contributed by atoms with Gasteiger partial charge in [-0.15, -0.1) is 0 Å². The predicted octanol–water partition coefficient (Wildman–Crippen LogP) is 0.0666. The van der Waals surface area contributed by atoms with Gasteiger partial charge >= 0.3 is 16.3 Å². The van der Waals surface area contributed by atoms with E-state index >= 15 is 0 Å². The van der Waals surface area contributed by atoms with Crippen LogP contribution >= 0.6 is 0 Å². The van der Waals surface area contributed by atoms with Crippen molar-refractivity contribution in [3.8, 4) is 0 Å². The van der Waals surface area contributed by atoms with Crippen LogP contribution in [0.4, 0.5) is 4.79 Å². The van der Waals surface area contributed by atoms with E-state index in [0.29, 0.717) is 0 Å². The molecule has 0 rings (SSSR count). The van der Waals surface area contributed by atoms with Gasteiger partial charge in [0.1, 0.15) is 0 Å². The van der Waals surface area contributed by atoms with Crippen LogP contribution in [0.15, 0.2) is 0 Å². The molecule has 0 aromatic carbocycles. The quantitative estimate of drug-likeness (QED) is 0.399. The van der Waals surface area contributed by atoms with Crippen molar-refractivity contribution in [1.82, 2.24) is 0 Å². The minimum Gasteiger partial charge on any atom is -1.00 e. The van der Waals surface area contributed by atoms with E-state index in [1.807, 2.05) is 0 Å². The third-order valence-electron chi connectivity index (χ3n) is 0. The summed E-state index contributed by atoms with van der Waals surface area (Å²) >= 11 is 0. The molecule has 0 spiro atoms. The molecule has 0 aromatic rings. The van der Waals surface area contributed by atoms with Gasteiger partial charge in [0, 0.05) is 0 Å². The van der Waals surface area contributed by atoms with E-state index in [-0.39, 0.29) is 13.0 Å². The molecule has 0 radical (unpaired) electrons. The van der Waals surface area contributed by atoms with Crippen LogP contribution in [-0.4, -0.2) is 26.5 Å². The summed E-state index contributed by atoms with van der Waals surface area (Å²) in [5, 5.41) is 13.9. The van der Waals surface area contributed by atoms with Crippen molar-refractivity contribution < 1.29 is 17.9 Å². The van der Waals surface area contributed by atoms with Crippen molar-refractivity contribution in [3.63, 3.8) is 0 Å². The van der Waals surface area contributed by atoms with E-state index in [9.17, 15) is 0 Å². The third kappa shape index (κ3) is 22.6. The number of carbonyl (C=O) groups is 1. The van der Waals surface area contributed by atoms with Gasteiger partial charge in [0.15, 0.2) is 0 Å². The van der Waals surface area contributed by atoms with Crippen molar-refractivity contribution in [1.29, 1.82) is 0 Å². The number of hydrogen-bond acceptors (Lipinski definition) is 1. The summed E-state index contributed by atoms with van der Waals surface area (Å²) in [4.78, 5) is 8.56. The zero-order valence-electron chi connectivity index (χ0n) is 4.51. The van der Waals surface area contributed by atoms with E-state index in [0.717, 1.165) is 0 Å². The maximum atomic E-state index is 8.56. The van der Waals surface area contributed by atoms with Crippen LogP contribution in [0.5, 0.6) is 0 Å². The van der Waals surface area contributed by atoms with Gasteiger partial charge in [-0.3, -0.25) is 0 Å². The van der Waals surface area contributed by atoms with E-state index in [1.54, 1.807) is 0 Å². The molecule has 0 aliphatic carbocycles. The molecular formula is CH4BeO3. The number of rotatable bonds is 0. The molecule has 0 aliphatic rings. The van der Waals surface area contributed by atoms with Crippen LogP contribution < -0.4 is 0 Å². The topological polar surface area (TPSA) is 57.5 Å². The maximum absolute atomic E-state index is 8.56. The first-order chi connectivity index (χ1) is 1.73. The maximum Gasteiger partial charge on any atom is 2.00 e. The van der Waals surface area contributed by atoms with Crippen molar-refractivity contribution in [2.24, 2.45) is 0 Å². The van der Waals surface area contributed by atoms with Crippen molar-refractivity contribution in [2.75, 3.05) is 0 Å². The minimum atomic E-state index is -1.83. The van der Waals surface area contributed by atoms with E-state index in [4.69, 9.17) is 15.0 Å². The Morgan fingerprint density at radius 1 is 1.60 bits per heavy atom. The zero-order chi connectivity index (χ0) is 3.58. The molecule has 0 amide bonds. The summed E-state index contributed by atoms with van der Waals surface area (Å²) in [5.74, 6) is 0. The summed E-state index contributed by atoms with van der Waals surface area (Å²) in [6.07, 6.45) is -1.83. The summed E-state index contributed by atoms with van der Waals surface area (Å²) in [6, 6.07) is 0. The summed E-state index contributed by atoms with van der Waals surface area (Å²) < 4.78 is 0. The fourth-order valence-corrected chi connectivity index (χ4v) is 0. The molecule has 0 aliphatic heterocycles. The van der Waals surface area contributed by atoms with Gasteiger partial charge in [-0.05, 0) is 0 Å². The van der Waals surface area contributed by atoms with Crippen LogP contribution in [0.1, 0.15) is 2.85 Å². The molecular weight excluding hydrogens is 69.0 g/mol. The van der Waals surface area contributed by atoms with Crippen LogP contribution in [-0.2, 0) is 0 Å². The standard InChI is InChI=1S/CH2O3.Be.2H/c2-1(3)4;;;/h(H2,2,3,4);;;/q;+2;2*-1. The van der Waals surface area contributed by atoms with Gasteiger partial charge < -0.3 is 13.1 Å². The molecule has 0 bridgehead atoms. The molecule has 0 fully saturated rings. The molecule has 5 heavy (non-hydrogen) atoms. The molecule has 28 valence electrons. The Bertz CT molecular complexity index is 35.9. The van der Waals surface area contributed by atoms with E-state index in [1.165, 1.54) is 0 Å². The van der Waals surface area contributed by atoms with Gasteiger partial charge in [0.25, 0.3) is 0 Å². The van der Waals surface area contributed by atoms with Gasteiger partial charge in [-0.25, -0.2) is 4.79 Å². The van der Waals surface area contributed by atoms with Crippen LogP contribution in [0.3, 0.4) is 0 Å². The largest absolute Gasteiger partial charge is 2.00 e. The molecule has 0 unspecified atom stereocenters. The Morgan fingerprint density at radius 2 is 1.60 bits per heavy atom. The van der Waals surface area contributed by atoms with Gasteiger partial charge in [0.2, 0.25) is 0 Å². The molecule has 0 saturated carbocycles. The number of hydrogen-bond donors (Lipinski definition) is 2. The fourth-order valence-electron chi connectivity index (χ4n) is 0. The predicted molar refractivity (Wildman–Crippen MR) is 18.6 cm³/mol. The second-order valence-electron chi connectivity index (χ2n) is 0.283. The molecule has 2 N–H and O–H groups in total. The summed E-state index contributed by atoms with van der Waals surface area (Å²) in [7, 11) is 0. The Balaban J connectivity index is -0.0000000150. The molecule has 0 saturated heterocycles. The Labute approximate surface area is 35.4 Å². The molecule has 0 heterocycles. The van der Waals surface area contributed by atoms with Crippen molar-refractivity contribution in [2.45, 2.75) is 0 Å². The zero-order valence-corrected chi connectivity index (χ0v) is 2.51. The second kappa shape index (κ2) is 3.44. The van der Waals surface area contributed by atoms with Gasteiger partial charge in [-0.2, -0.15) is 0 Å². The SMILES string of the molecule is O=C(O)O.[Be+2].[H-].[H-]. The molecule has 3 nitrogen and oxygen atoms in total. The second-order valence-corrected chi connectivity index (χ2v) is 0.283. The first-order valence-corrected chi connectivity index (χ1v) is 0.651. The first kappa shape index (κ1) is 8.83. The van der Waals surface area contributed by atoms with Gasteiger partial charge in [-0.1, -0.05) is 0 Å². The van der Waals surface area contributed by atoms with Crippen molar-refractivity contribution in [3.05, 3.63) is 0 Å². The van der Waals surface area contributed by atoms with Crippen LogP contribution in [0, 0.1) is 0 Å².